The van der Waals surface area contributed by atoms with Gasteiger partial charge in [0, 0.05) is 19.2 Å². The molecule has 1 amide bonds. The summed E-state index contributed by atoms with van der Waals surface area (Å²) in [6.45, 7) is 4.94. The van der Waals surface area contributed by atoms with Crippen molar-refractivity contribution in [3.8, 4) is 0 Å². The van der Waals surface area contributed by atoms with E-state index in [9.17, 15) is 18.0 Å². The second-order valence-electron chi connectivity index (χ2n) is 5.03. The number of carboxylic acid groups (broad SMARTS) is 1. The van der Waals surface area contributed by atoms with Gasteiger partial charge in [0.1, 0.15) is 6.04 Å². The maximum Gasteiger partial charge on any atom is 0.327 e. The molecule has 8 nitrogen and oxygen atoms in total. The number of carbonyl (C=O) groups excluding carboxylic acids is 1. The maximum absolute atomic E-state index is 12.0. The van der Waals surface area contributed by atoms with Crippen LogP contribution in [0.4, 0.5) is 0 Å². The second-order valence-corrected chi connectivity index (χ2v) is 7.14. The Bertz CT molecular complexity index is 621. The summed E-state index contributed by atoms with van der Waals surface area (Å²) >= 11 is 0. The van der Waals surface area contributed by atoms with Crippen molar-refractivity contribution in [1.82, 2.24) is 15.1 Å². The molecule has 9 heteroatoms. The first-order chi connectivity index (χ1) is 9.60. The van der Waals surface area contributed by atoms with Gasteiger partial charge in [0.05, 0.1) is 17.2 Å². The lowest BCUT2D eigenvalue weighted by Crippen LogP contribution is -2.44. The van der Waals surface area contributed by atoms with E-state index < -0.39 is 33.5 Å². The number of sulfone groups is 1. The Kier molecular flexibility index (Phi) is 5.47. The standard InChI is InChI=1S/C12H19N3O5S/c1-8(2)15-5-4-10(14-15)6-21(19,20)7-11(12(17)18)13-9(3)16/h4-5,8,11H,6-7H2,1-3H3,(H,13,16)(H,17,18). The van der Waals surface area contributed by atoms with Crippen LogP contribution in [0.2, 0.25) is 0 Å². The molecule has 0 aliphatic rings. The van der Waals surface area contributed by atoms with Gasteiger partial charge >= 0.3 is 5.97 Å². The van der Waals surface area contributed by atoms with Crippen molar-refractivity contribution in [3.63, 3.8) is 0 Å². The average Bonchev–Trinajstić information content (AvgIpc) is 2.74. The highest BCUT2D eigenvalue weighted by Gasteiger charge is 2.26. The molecule has 118 valence electrons. The van der Waals surface area contributed by atoms with Crippen molar-refractivity contribution in [3.05, 3.63) is 18.0 Å². The number of hydrogen-bond donors (Lipinski definition) is 2. The van der Waals surface area contributed by atoms with Gasteiger partial charge in [-0.05, 0) is 19.9 Å². The van der Waals surface area contributed by atoms with Gasteiger partial charge in [0.2, 0.25) is 5.91 Å². The lowest BCUT2D eigenvalue weighted by atomic mass is 10.3. The Morgan fingerprint density at radius 1 is 1.43 bits per heavy atom. The molecule has 0 saturated heterocycles. The molecule has 1 heterocycles. The summed E-state index contributed by atoms with van der Waals surface area (Å²) in [6.07, 6.45) is 1.66. The van der Waals surface area contributed by atoms with Gasteiger partial charge in [-0.25, -0.2) is 13.2 Å². The van der Waals surface area contributed by atoms with Gasteiger partial charge in [0.15, 0.2) is 9.84 Å². The van der Waals surface area contributed by atoms with E-state index >= 15 is 0 Å². The molecule has 21 heavy (non-hydrogen) atoms. The van der Waals surface area contributed by atoms with Crippen molar-refractivity contribution in [2.24, 2.45) is 0 Å². The molecular formula is C12H19N3O5S. The van der Waals surface area contributed by atoms with Crippen molar-refractivity contribution < 1.29 is 23.1 Å². The molecule has 0 spiro atoms. The number of hydrogen-bond acceptors (Lipinski definition) is 5. The zero-order chi connectivity index (χ0) is 16.2. The minimum atomic E-state index is -3.71. The summed E-state index contributed by atoms with van der Waals surface area (Å²) < 4.78 is 25.6. The van der Waals surface area contributed by atoms with E-state index in [0.717, 1.165) is 6.92 Å². The number of rotatable bonds is 7. The molecule has 0 aliphatic heterocycles. The number of carboxylic acids is 1. The van der Waals surface area contributed by atoms with Crippen LogP contribution in [-0.2, 0) is 25.2 Å². The Labute approximate surface area is 123 Å². The summed E-state index contributed by atoms with van der Waals surface area (Å²) in [5, 5.41) is 15.1. The molecule has 0 aromatic carbocycles. The second kappa shape index (κ2) is 6.70. The number of carbonyl (C=O) groups is 2. The van der Waals surface area contributed by atoms with Crippen molar-refractivity contribution in [2.75, 3.05) is 5.75 Å². The van der Waals surface area contributed by atoms with Gasteiger partial charge < -0.3 is 10.4 Å². The van der Waals surface area contributed by atoms with E-state index in [1.165, 1.54) is 0 Å². The van der Waals surface area contributed by atoms with Crippen LogP contribution in [0.5, 0.6) is 0 Å². The van der Waals surface area contributed by atoms with Crippen LogP contribution in [-0.4, -0.2) is 47.0 Å². The zero-order valence-corrected chi connectivity index (χ0v) is 12.9. The Morgan fingerprint density at radius 2 is 2.05 bits per heavy atom. The molecule has 1 aromatic heterocycles. The number of aliphatic carboxylic acids is 1. The van der Waals surface area contributed by atoms with E-state index in [2.05, 4.69) is 10.4 Å². The third kappa shape index (κ3) is 5.54. The van der Waals surface area contributed by atoms with Crippen molar-refractivity contribution in [1.29, 1.82) is 0 Å². The maximum atomic E-state index is 12.0. The van der Waals surface area contributed by atoms with Gasteiger partial charge in [-0.1, -0.05) is 0 Å². The number of nitrogens with zero attached hydrogens (tertiary/aromatic N) is 2. The molecular weight excluding hydrogens is 298 g/mol. The average molecular weight is 317 g/mol. The third-order valence-corrected chi connectivity index (χ3v) is 4.23. The zero-order valence-electron chi connectivity index (χ0n) is 12.1. The van der Waals surface area contributed by atoms with E-state index in [-0.39, 0.29) is 11.8 Å². The fourth-order valence-corrected chi connectivity index (χ4v) is 3.16. The van der Waals surface area contributed by atoms with E-state index in [1.807, 2.05) is 13.8 Å². The van der Waals surface area contributed by atoms with Crippen LogP contribution in [0, 0.1) is 0 Å². The first-order valence-corrected chi connectivity index (χ1v) is 8.17. The summed E-state index contributed by atoms with van der Waals surface area (Å²) in [6, 6.07) is 0.221. The monoisotopic (exact) mass is 317 g/mol. The largest absolute Gasteiger partial charge is 0.480 e. The highest BCUT2D eigenvalue weighted by molar-refractivity contribution is 7.90. The topological polar surface area (TPSA) is 118 Å². The van der Waals surface area contributed by atoms with Crippen LogP contribution < -0.4 is 5.32 Å². The molecule has 0 bridgehead atoms. The van der Waals surface area contributed by atoms with E-state index in [4.69, 9.17) is 5.11 Å². The minimum Gasteiger partial charge on any atom is -0.480 e. The van der Waals surface area contributed by atoms with Crippen molar-refractivity contribution >= 4 is 21.7 Å². The van der Waals surface area contributed by atoms with Gasteiger partial charge in [0.25, 0.3) is 0 Å². The number of aromatic nitrogens is 2. The normalized spacial score (nSPS) is 13.1. The minimum absolute atomic E-state index is 0.104. The van der Waals surface area contributed by atoms with Crippen LogP contribution in [0.15, 0.2) is 12.3 Å². The fourth-order valence-electron chi connectivity index (χ4n) is 1.70. The highest BCUT2D eigenvalue weighted by atomic mass is 32.2. The van der Waals surface area contributed by atoms with Gasteiger partial charge in [-0.3, -0.25) is 9.48 Å². The number of nitrogens with one attached hydrogen (secondary N) is 1. The lowest BCUT2D eigenvalue weighted by molar-refractivity contribution is -0.140. The fraction of sp³-hybridized carbons (Fsp3) is 0.583. The third-order valence-electron chi connectivity index (χ3n) is 2.66. The van der Waals surface area contributed by atoms with E-state index in [0.29, 0.717) is 5.69 Å². The Morgan fingerprint density at radius 3 is 2.48 bits per heavy atom. The molecule has 0 fully saturated rings. The summed E-state index contributed by atoms with van der Waals surface area (Å²) in [5.74, 6) is -3.02. The molecule has 0 aliphatic carbocycles. The predicted molar refractivity (Wildman–Crippen MR) is 75.3 cm³/mol. The molecule has 0 radical (unpaired) electrons. The molecule has 1 atom stereocenters. The quantitative estimate of drug-likeness (QED) is 0.729. The Hall–Kier alpha value is -1.90. The first-order valence-electron chi connectivity index (χ1n) is 6.35. The smallest absolute Gasteiger partial charge is 0.327 e. The first kappa shape index (κ1) is 17.2. The number of amides is 1. The SMILES string of the molecule is CC(=O)NC(CS(=O)(=O)Cc1ccn(C(C)C)n1)C(=O)O. The molecule has 0 saturated carbocycles. The van der Waals surface area contributed by atoms with Gasteiger partial charge in [-0.2, -0.15) is 5.10 Å². The van der Waals surface area contributed by atoms with Crippen LogP contribution in [0.3, 0.4) is 0 Å². The van der Waals surface area contributed by atoms with Crippen molar-refractivity contribution in [2.45, 2.75) is 38.6 Å². The van der Waals surface area contributed by atoms with E-state index in [1.54, 1.807) is 16.9 Å². The summed E-state index contributed by atoms with van der Waals surface area (Å²) in [7, 11) is -3.71. The van der Waals surface area contributed by atoms with Crippen LogP contribution in [0.25, 0.3) is 0 Å². The van der Waals surface area contributed by atoms with Crippen LogP contribution >= 0.6 is 0 Å². The highest BCUT2D eigenvalue weighted by Crippen LogP contribution is 2.09. The predicted octanol–water partition coefficient (Wildman–Crippen LogP) is -0.0319. The van der Waals surface area contributed by atoms with Gasteiger partial charge in [-0.15, -0.1) is 0 Å². The lowest BCUT2D eigenvalue weighted by Gasteiger charge is -2.13. The molecule has 1 rings (SSSR count). The molecule has 1 unspecified atom stereocenters. The molecule has 1 aromatic rings. The van der Waals surface area contributed by atoms with Crippen LogP contribution in [0.1, 0.15) is 32.5 Å². The molecule has 2 N–H and O–H groups in total. The summed E-state index contributed by atoms with van der Waals surface area (Å²) in [4.78, 5) is 21.9. The summed E-state index contributed by atoms with van der Waals surface area (Å²) in [5.41, 5.74) is 0.343. The Balaban J connectivity index is 2.79.